The molecule has 1 aromatic carbocycles. The van der Waals surface area contributed by atoms with Gasteiger partial charge in [0.1, 0.15) is 16.6 Å². The molecular weight excluding hydrogens is 247 g/mol. The molecule has 13 heavy (non-hydrogen) atoms. The normalized spacial score (nSPS) is 14.4. The molecule has 1 aromatic rings. The molecule has 0 saturated carbocycles. The van der Waals surface area contributed by atoms with Gasteiger partial charge in [0.05, 0.1) is 0 Å². The first-order valence-electron chi connectivity index (χ1n) is 3.70. The minimum absolute atomic E-state index is 0.467. The van der Waals surface area contributed by atoms with E-state index >= 15 is 0 Å². The number of benzene rings is 1. The average molecular weight is 256 g/mol. The van der Waals surface area contributed by atoms with Crippen molar-refractivity contribution >= 4 is 45.3 Å². The van der Waals surface area contributed by atoms with Gasteiger partial charge >= 0.3 is 0 Å². The van der Waals surface area contributed by atoms with Crippen molar-refractivity contribution in [2.24, 2.45) is 0 Å². The Hall–Kier alpha value is 0.267. The zero-order valence-electron chi connectivity index (χ0n) is 7.01. The fraction of sp³-hybridized carbons (Fsp3) is 0.250. The van der Waals surface area contributed by atoms with Crippen LogP contribution >= 0.6 is 34.8 Å². The lowest BCUT2D eigenvalue weighted by molar-refractivity contribution is 0.232. The summed E-state index contributed by atoms with van der Waals surface area (Å²) in [5.41, 5.74) is 0.887. The van der Waals surface area contributed by atoms with Crippen molar-refractivity contribution < 1.29 is 4.43 Å². The molecule has 0 aromatic heterocycles. The zero-order chi connectivity index (χ0) is 9.90. The molecule has 0 aliphatic heterocycles. The maximum atomic E-state index is 5.76. The van der Waals surface area contributed by atoms with E-state index < -0.39 is 9.90 Å². The van der Waals surface area contributed by atoms with E-state index in [1.54, 1.807) is 0 Å². The number of halogens is 3. The summed E-state index contributed by atoms with van der Waals surface area (Å²) in [7, 11) is 0.535. The number of hydrogen-bond acceptors (Lipinski definition) is 1. The van der Waals surface area contributed by atoms with Crippen LogP contribution in [0.4, 0.5) is 0 Å². The Kier molecular flexibility index (Phi) is 4.07. The maximum Gasteiger partial charge on any atom is 0.219 e. The van der Waals surface area contributed by atoms with Gasteiger partial charge in [-0.3, -0.25) is 0 Å². The first-order chi connectivity index (χ1) is 6.05. The van der Waals surface area contributed by atoms with Crippen molar-refractivity contribution in [3.63, 3.8) is 0 Å². The molecule has 0 bridgehead atoms. The highest BCUT2D eigenvalue weighted by Gasteiger charge is 2.33. The predicted octanol–water partition coefficient (Wildman–Crippen LogP) is 2.39. The van der Waals surface area contributed by atoms with Crippen molar-refractivity contribution in [1.82, 2.24) is 0 Å². The van der Waals surface area contributed by atoms with Gasteiger partial charge in [-0.25, -0.2) is 0 Å². The molecule has 0 N–H and O–H groups in total. The number of alkyl halides is 3. The monoisotopic (exact) mass is 254 g/mol. The Morgan fingerprint density at radius 2 is 1.69 bits per heavy atom. The molecule has 0 saturated heterocycles. The summed E-state index contributed by atoms with van der Waals surface area (Å²) in [6.07, 6.45) is -0.467. The SMILES string of the molecule is [SiH3]OC(c1ccccc1)C(Cl)(Cl)Cl. The van der Waals surface area contributed by atoms with E-state index in [2.05, 4.69) is 0 Å². The Morgan fingerprint density at radius 1 is 1.15 bits per heavy atom. The molecular formula is C8H9Cl3OSi. The summed E-state index contributed by atoms with van der Waals surface area (Å²) in [6.45, 7) is 0. The first-order valence-corrected chi connectivity index (χ1v) is 5.65. The summed E-state index contributed by atoms with van der Waals surface area (Å²) in [6, 6.07) is 9.44. The van der Waals surface area contributed by atoms with E-state index in [-0.39, 0.29) is 0 Å². The van der Waals surface area contributed by atoms with Crippen LogP contribution in [-0.4, -0.2) is 14.3 Å². The second kappa shape index (κ2) is 4.67. The van der Waals surface area contributed by atoms with Gasteiger partial charge in [0.25, 0.3) is 0 Å². The van der Waals surface area contributed by atoms with Crippen molar-refractivity contribution in [3.05, 3.63) is 35.9 Å². The Balaban J connectivity index is 2.92. The second-order valence-electron chi connectivity index (χ2n) is 2.57. The molecule has 1 nitrogen and oxygen atoms in total. The molecule has 0 amide bonds. The van der Waals surface area contributed by atoms with Crippen molar-refractivity contribution in [3.8, 4) is 0 Å². The predicted molar refractivity (Wildman–Crippen MR) is 60.5 cm³/mol. The van der Waals surface area contributed by atoms with E-state index in [1.807, 2.05) is 30.3 Å². The Bertz CT molecular complexity index is 260. The van der Waals surface area contributed by atoms with Crippen LogP contribution in [0.1, 0.15) is 11.7 Å². The molecule has 1 atom stereocenters. The largest absolute Gasteiger partial charge is 0.417 e. The third kappa shape index (κ3) is 3.15. The van der Waals surface area contributed by atoms with Crippen molar-refractivity contribution in [2.45, 2.75) is 9.90 Å². The molecule has 5 heteroatoms. The lowest BCUT2D eigenvalue weighted by Gasteiger charge is -2.23. The molecule has 0 radical (unpaired) electrons. The van der Waals surface area contributed by atoms with Gasteiger partial charge in [-0.15, -0.1) is 0 Å². The van der Waals surface area contributed by atoms with Crippen LogP contribution in [0.5, 0.6) is 0 Å². The van der Waals surface area contributed by atoms with E-state index in [0.717, 1.165) is 5.56 Å². The van der Waals surface area contributed by atoms with Crippen LogP contribution in [0.25, 0.3) is 0 Å². The first kappa shape index (κ1) is 11.3. The zero-order valence-corrected chi connectivity index (χ0v) is 11.3. The van der Waals surface area contributed by atoms with E-state index in [0.29, 0.717) is 10.5 Å². The third-order valence-corrected chi connectivity index (χ3v) is 2.70. The smallest absolute Gasteiger partial charge is 0.219 e. The summed E-state index contributed by atoms with van der Waals surface area (Å²) in [4.78, 5) is 0. The molecule has 0 fully saturated rings. The van der Waals surface area contributed by atoms with Crippen LogP contribution in [0.15, 0.2) is 30.3 Å². The van der Waals surface area contributed by atoms with Crippen LogP contribution in [-0.2, 0) is 4.43 Å². The van der Waals surface area contributed by atoms with Gasteiger partial charge in [0.15, 0.2) is 0 Å². The summed E-state index contributed by atoms with van der Waals surface area (Å²) < 4.78 is 3.84. The highest BCUT2D eigenvalue weighted by Crippen LogP contribution is 2.41. The maximum absolute atomic E-state index is 5.76. The van der Waals surface area contributed by atoms with Crippen molar-refractivity contribution in [1.29, 1.82) is 0 Å². The number of hydrogen-bond donors (Lipinski definition) is 0. The van der Waals surface area contributed by atoms with E-state index in [9.17, 15) is 0 Å². The lowest BCUT2D eigenvalue weighted by atomic mass is 10.1. The van der Waals surface area contributed by atoms with Crippen LogP contribution in [0, 0.1) is 0 Å². The topological polar surface area (TPSA) is 9.23 Å². The molecule has 0 aliphatic carbocycles. The Labute approximate surface area is 95.5 Å². The average Bonchev–Trinajstić information content (AvgIpc) is 2.05. The van der Waals surface area contributed by atoms with Gasteiger partial charge in [-0.2, -0.15) is 0 Å². The summed E-state index contributed by atoms with van der Waals surface area (Å²) in [5.74, 6) is 0. The van der Waals surface area contributed by atoms with E-state index in [1.165, 1.54) is 0 Å². The molecule has 72 valence electrons. The fourth-order valence-electron chi connectivity index (χ4n) is 1.09. The molecule has 0 aliphatic rings. The third-order valence-electron chi connectivity index (χ3n) is 1.64. The van der Waals surface area contributed by atoms with E-state index in [4.69, 9.17) is 39.2 Å². The minimum atomic E-state index is -1.40. The quantitative estimate of drug-likeness (QED) is 0.582. The van der Waals surface area contributed by atoms with Gasteiger partial charge in [0, 0.05) is 0 Å². The van der Waals surface area contributed by atoms with Gasteiger partial charge in [-0.05, 0) is 5.56 Å². The Morgan fingerprint density at radius 3 is 2.08 bits per heavy atom. The lowest BCUT2D eigenvalue weighted by Crippen LogP contribution is -2.19. The highest BCUT2D eigenvalue weighted by atomic mass is 35.6. The molecule has 0 heterocycles. The summed E-state index contributed by atoms with van der Waals surface area (Å²) in [5, 5.41) is 0. The van der Waals surface area contributed by atoms with Gasteiger partial charge in [0.2, 0.25) is 3.79 Å². The highest BCUT2D eigenvalue weighted by molar-refractivity contribution is 6.68. The molecule has 1 unspecified atom stereocenters. The van der Waals surface area contributed by atoms with Crippen LogP contribution in [0.2, 0.25) is 0 Å². The number of rotatable bonds is 2. The summed E-state index contributed by atoms with van der Waals surface area (Å²) >= 11 is 17.3. The van der Waals surface area contributed by atoms with Crippen LogP contribution < -0.4 is 0 Å². The van der Waals surface area contributed by atoms with Gasteiger partial charge < -0.3 is 4.43 Å². The fourth-order valence-corrected chi connectivity index (χ4v) is 2.81. The van der Waals surface area contributed by atoms with Crippen LogP contribution in [0.3, 0.4) is 0 Å². The second-order valence-corrected chi connectivity index (χ2v) is 5.41. The van der Waals surface area contributed by atoms with Crippen molar-refractivity contribution in [2.75, 3.05) is 0 Å². The molecule has 1 rings (SSSR count). The standard InChI is InChI=1S/C8H9Cl3OSi/c9-8(10,11)7(12-13)6-4-2-1-3-5-6/h1-5,7H,13H3. The van der Waals surface area contributed by atoms with Gasteiger partial charge in [-0.1, -0.05) is 65.1 Å². The molecule has 0 spiro atoms. The minimum Gasteiger partial charge on any atom is -0.417 e.